The summed E-state index contributed by atoms with van der Waals surface area (Å²) in [4.78, 5) is 25.8. The fourth-order valence-corrected chi connectivity index (χ4v) is 8.36. The second-order valence-corrected chi connectivity index (χ2v) is 11.6. The SMILES string of the molecule is CCCC(C1(CCC(=O)OC)c2ccccc2-c2ccccc21)C1(CCC(=O)OC)c2ccccc2-c2ccccc21. The lowest BCUT2D eigenvalue weighted by Gasteiger charge is -2.51. The molecule has 0 aromatic heterocycles. The molecule has 0 atom stereocenters. The molecule has 214 valence electrons. The molecular formula is C38H38O4. The minimum absolute atomic E-state index is 0.0407. The third kappa shape index (κ3) is 4.11. The van der Waals surface area contributed by atoms with Crippen LogP contribution in [-0.4, -0.2) is 26.2 Å². The molecule has 0 saturated heterocycles. The Labute approximate surface area is 248 Å². The molecule has 4 aromatic rings. The van der Waals surface area contributed by atoms with Crippen LogP contribution in [0.5, 0.6) is 0 Å². The van der Waals surface area contributed by atoms with Crippen molar-refractivity contribution in [2.75, 3.05) is 14.2 Å². The van der Waals surface area contributed by atoms with E-state index in [0.717, 1.165) is 12.8 Å². The van der Waals surface area contributed by atoms with E-state index in [1.807, 2.05) is 0 Å². The molecule has 0 N–H and O–H groups in total. The van der Waals surface area contributed by atoms with Gasteiger partial charge in [-0.2, -0.15) is 0 Å². The van der Waals surface area contributed by atoms with Crippen LogP contribution in [0, 0.1) is 5.92 Å². The Balaban J connectivity index is 1.71. The smallest absolute Gasteiger partial charge is 0.305 e. The van der Waals surface area contributed by atoms with E-state index in [9.17, 15) is 9.59 Å². The van der Waals surface area contributed by atoms with Gasteiger partial charge in [0, 0.05) is 23.7 Å². The van der Waals surface area contributed by atoms with Crippen molar-refractivity contribution in [3.8, 4) is 22.3 Å². The number of carbonyl (C=O) groups excluding carboxylic acids is 2. The number of rotatable bonds is 10. The first-order valence-corrected chi connectivity index (χ1v) is 15.0. The van der Waals surface area contributed by atoms with Gasteiger partial charge >= 0.3 is 11.9 Å². The number of carbonyl (C=O) groups is 2. The molecule has 2 aliphatic rings. The summed E-state index contributed by atoms with van der Waals surface area (Å²) in [5, 5.41) is 0. The zero-order valence-corrected chi connectivity index (χ0v) is 24.7. The van der Waals surface area contributed by atoms with Crippen LogP contribution < -0.4 is 0 Å². The maximum atomic E-state index is 12.9. The fraction of sp³-hybridized carbons (Fsp3) is 0.316. The van der Waals surface area contributed by atoms with E-state index in [4.69, 9.17) is 9.47 Å². The summed E-state index contributed by atoms with van der Waals surface area (Å²) < 4.78 is 10.5. The van der Waals surface area contributed by atoms with Crippen LogP contribution in [0.25, 0.3) is 22.3 Å². The molecule has 6 rings (SSSR count). The Morgan fingerprint density at radius 3 is 1.17 bits per heavy atom. The van der Waals surface area contributed by atoms with Crippen LogP contribution >= 0.6 is 0 Å². The predicted molar refractivity (Wildman–Crippen MR) is 166 cm³/mol. The van der Waals surface area contributed by atoms with Gasteiger partial charge in [0.25, 0.3) is 0 Å². The van der Waals surface area contributed by atoms with Crippen molar-refractivity contribution in [1.29, 1.82) is 0 Å². The van der Waals surface area contributed by atoms with E-state index in [0.29, 0.717) is 25.7 Å². The molecule has 0 unspecified atom stereocenters. The van der Waals surface area contributed by atoms with E-state index in [1.165, 1.54) is 58.7 Å². The molecule has 4 nitrogen and oxygen atoms in total. The lowest BCUT2D eigenvalue weighted by atomic mass is 9.51. The summed E-state index contributed by atoms with van der Waals surface area (Å²) >= 11 is 0. The highest BCUT2D eigenvalue weighted by Gasteiger charge is 2.59. The van der Waals surface area contributed by atoms with Gasteiger partial charge in [-0.25, -0.2) is 0 Å². The molecule has 42 heavy (non-hydrogen) atoms. The average Bonchev–Trinajstić information content (AvgIpc) is 3.50. The number of benzene rings is 4. The lowest BCUT2D eigenvalue weighted by molar-refractivity contribution is -0.141. The second kappa shape index (κ2) is 11.2. The van der Waals surface area contributed by atoms with E-state index in [-0.39, 0.29) is 17.9 Å². The Morgan fingerprint density at radius 2 is 0.881 bits per heavy atom. The number of fused-ring (bicyclic) bond motifs is 6. The first-order chi connectivity index (χ1) is 20.5. The van der Waals surface area contributed by atoms with Gasteiger partial charge in [-0.1, -0.05) is 110 Å². The highest BCUT2D eigenvalue weighted by atomic mass is 16.5. The Kier molecular flexibility index (Phi) is 7.49. The highest BCUT2D eigenvalue weighted by molar-refractivity contribution is 5.85. The number of esters is 2. The van der Waals surface area contributed by atoms with Crippen LogP contribution in [0.3, 0.4) is 0 Å². The molecule has 0 bridgehead atoms. The molecule has 4 aromatic carbocycles. The number of methoxy groups -OCH3 is 2. The Hall–Kier alpha value is -4.18. The first-order valence-electron chi connectivity index (χ1n) is 15.0. The molecule has 0 heterocycles. The molecule has 0 fully saturated rings. The van der Waals surface area contributed by atoms with Gasteiger partial charge in [-0.15, -0.1) is 0 Å². The van der Waals surface area contributed by atoms with Crippen LogP contribution in [0.2, 0.25) is 0 Å². The van der Waals surface area contributed by atoms with Crippen LogP contribution in [-0.2, 0) is 29.9 Å². The molecule has 4 heteroatoms. The van der Waals surface area contributed by atoms with Crippen molar-refractivity contribution in [2.45, 2.75) is 56.3 Å². The summed E-state index contributed by atoms with van der Waals surface area (Å²) in [6.45, 7) is 2.24. The Bertz CT molecular complexity index is 1420. The van der Waals surface area contributed by atoms with Crippen LogP contribution in [0.4, 0.5) is 0 Å². The van der Waals surface area contributed by atoms with Gasteiger partial charge in [-0.05, 0) is 69.7 Å². The van der Waals surface area contributed by atoms with Crippen molar-refractivity contribution in [3.05, 3.63) is 119 Å². The third-order valence-corrected chi connectivity index (χ3v) is 9.88. The van der Waals surface area contributed by atoms with Gasteiger partial charge in [0.05, 0.1) is 14.2 Å². The van der Waals surface area contributed by atoms with Gasteiger partial charge in [0.2, 0.25) is 0 Å². The van der Waals surface area contributed by atoms with Gasteiger partial charge in [-0.3, -0.25) is 9.59 Å². The standard InChI is InChI=1S/C38H38O4/c1-4-13-34(37(24-22-35(39)41-2)30-18-9-5-14-26(30)27-15-6-10-19-31(27)37)38(25-23-36(40)42-3)32-20-11-7-16-28(32)29-17-8-12-21-33(29)38/h5-12,14-21,34H,4,13,22-25H2,1-3H3. The van der Waals surface area contributed by atoms with Crippen LogP contribution in [0.15, 0.2) is 97.1 Å². The summed E-state index contributed by atoms with van der Waals surface area (Å²) in [5.41, 5.74) is 8.95. The number of hydrogen-bond donors (Lipinski definition) is 0. The summed E-state index contributed by atoms with van der Waals surface area (Å²) in [6.07, 6.45) is 3.70. The predicted octanol–water partition coefficient (Wildman–Crippen LogP) is 8.24. The first kappa shape index (κ1) is 28.0. The summed E-state index contributed by atoms with van der Waals surface area (Å²) in [6, 6.07) is 34.8. The molecule has 0 radical (unpaired) electrons. The molecule has 0 spiro atoms. The van der Waals surface area contributed by atoms with E-state index in [1.54, 1.807) is 0 Å². The minimum Gasteiger partial charge on any atom is -0.469 e. The zero-order valence-electron chi connectivity index (χ0n) is 24.7. The molecular weight excluding hydrogens is 520 g/mol. The van der Waals surface area contributed by atoms with Gasteiger partial charge in [0.15, 0.2) is 0 Å². The monoisotopic (exact) mass is 558 g/mol. The van der Waals surface area contributed by atoms with Gasteiger partial charge in [0.1, 0.15) is 0 Å². The largest absolute Gasteiger partial charge is 0.469 e. The summed E-state index contributed by atoms with van der Waals surface area (Å²) in [5.74, 6) is -0.372. The fourth-order valence-electron chi connectivity index (χ4n) is 8.36. The molecule has 0 saturated carbocycles. The minimum atomic E-state index is -0.488. The summed E-state index contributed by atoms with van der Waals surface area (Å²) in [7, 11) is 2.94. The Morgan fingerprint density at radius 1 is 0.571 bits per heavy atom. The average molecular weight is 559 g/mol. The van der Waals surface area contributed by atoms with Crippen LogP contribution in [0.1, 0.15) is 67.7 Å². The third-order valence-electron chi connectivity index (χ3n) is 9.88. The topological polar surface area (TPSA) is 52.6 Å². The van der Waals surface area contributed by atoms with Crippen molar-refractivity contribution in [1.82, 2.24) is 0 Å². The highest BCUT2D eigenvalue weighted by Crippen LogP contribution is 2.66. The van der Waals surface area contributed by atoms with E-state index in [2.05, 4.69) is 104 Å². The number of hydrogen-bond acceptors (Lipinski definition) is 4. The van der Waals surface area contributed by atoms with Crippen molar-refractivity contribution < 1.29 is 19.1 Å². The quantitative estimate of drug-likeness (QED) is 0.184. The lowest BCUT2D eigenvalue weighted by Crippen LogP contribution is -2.49. The maximum Gasteiger partial charge on any atom is 0.305 e. The van der Waals surface area contributed by atoms with E-state index < -0.39 is 10.8 Å². The van der Waals surface area contributed by atoms with Crippen molar-refractivity contribution in [3.63, 3.8) is 0 Å². The van der Waals surface area contributed by atoms with E-state index >= 15 is 0 Å². The molecule has 0 amide bonds. The van der Waals surface area contributed by atoms with Crippen molar-refractivity contribution >= 4 is 11.9 Å². The maximum absolute atomic E-state index is 12.9. The molecule has 0 aliphatic heterocycles. The number of ether oxygens (including phenoxy) is 2. The van der Waals surface area contributed by atoms with Gasteiger partial charge < -0.3 is 9.47 Å². The van der Waals surface area contributed by atoms with Crippen molar-refractivity contribution in [2.24, 2.45) is 5.92 Å². The zero-order chi connectivity index (χ0) is 29.3. The second-order valence-electron chi connectivity index (χ2n) is 11.6. The normalized spacial score (nSPS) is 15.0. The molecule has 2 aliphatic carbocycles.